The van der Waals surface area contributed by atoms with Crippen LogP contribution in [0.5, 0.6) is 0 Å². The molecule has 0 saturated carbocycles. The molecule has 2 aromatic rings. The van der Waals surface area contributed by atoms with Crippen LogP contribution in [0.25, 0.3) is 10.8 Å². The third-order valence-electron chi connectivity index (χ3n) is 4.48. The van der Waals surface area contributed by atoms with Gasteiger partial charge in [0.25, 0.3) is 0 Å². The molecule has 0 radical (unpaired) electrons. The van der Waals surface area contributed by atoms with Gasteiger partial charge in [-0.1, -0.05) is 38.1 Å². The lowest BCUT2D eigenvalue weighted by atomic mass is 9.80. The summed E-state index contributed by atoms with van der Waals surface area (Å²) in [6, 6.07) is 9.04. The molecule has 0 amide bonds. The number of benzene rings is 2. The van der Waals surface area contributed by atoms with Crippen LogP contribution in [0, 0.1) is 0 Å². The maximum absolute atomic E-state index is 2.33. The van der Waals surface area contributed by atoms with Crippen LogP contribution in [0.1, 0.15) is 48.9 Å². The molecule has 0 N–H and O–H groups in total. The van der Waals surface area contributed by atoms with Crippen molar-refractivity contribution in [1.82, 2.24) is 0 Å². The van der Waals surface area contributed by atoms with E-state index in [0.717, 1.165) is 6.42 Å². The maximum Gasteiger partial charge on any atom is -0.0146 e. The summed E-state index contributed by atoms with van der Waals surface area (Å²) in [5.74, 6) is 0. The third-order valence-corrected chi connectivity index (χ3v) is 4.48. The maximum atomic E-state index is 2.33. The fraction of sp³-hybridized carbons (Fsp3) is 0.444. The zero-order chi connectivity index (χ0) is 12.5. The van der Waals surface area contributed by atoms with E-state index in [9.17, 15) is 0 Å². The van der Waals surface area contributed by atoms with Crippen LogP contribution >= 0.6 is 0 Å². The SMILES string of the molecule is CCc1c2c(c3ccccc3c1CC)CCCC2. The lowest BCUT2D eigenvalue weighted by molar-refractivity contribution is 0.682. The number of hydrogen-bond acceptors (Lipinski definition) is 0. The Morgan fingerprint density at radius 1 is 0.778 bits per heavy atom. The Bertz CT molecular complexity index is 544. The minimum Gasteiger partial charge on any atom is -0.0616 e. The van der Waals surface area contributed by atoms with Gasteiger partial charge < -0.3 is 0 Å². The fourth-order valence-corrected chi connectivity index (χ4v) is 3.72. The van der Waals surface area contributed by atoms with Crippen LogP contribution in [-0.4, -0.2) is 0 Å². The van der Waals surface area contributed by atoms with Crippen molar-refractivity contribution >= 4 is 10.8 Å². The molecule has 1 aliphatic carbocycles. The molecular formula is C18H22. The molecule has 0 fully saturated rings. The molecule has 0 saturated heterocycles. The van der Waals surface area contributed by atoms with Gasteiger partial charge in [0, 0.05) is 0 Å². The number of aryl methyl sites for hydroxylation is 2. The molecule has 0 unspecified atom stereocenters. The quantitative estimate of drug-likeness (QED) is 0.702. The van der Waals surface area contributed by atoms with Crippen LogP contribution in [0.4, 0.5) is 0 Å². The predicted molar refractivity (Wildman–Crippen MR) is 79.3 cm³/mol. The standard InChI is InChI=1S/C18H22/c1-3-13-14(4-2)16-10-6-8-12-18(16)17-11-7-5-9-15(13)17/h5,7,9,11H,3-4,6,8,10,12H2,1-2H3. The normalized spacial score (nSPS) is 14.8. The van der Waals surface area contributed by atoms with Crippen molar-refractivity contribution in [3.05, 3.63) is 46.5 Å². The second kappa shape index (κ2) is 4.76. The van der Waals surface area contributed by atoms with Gasteiger partial charge in [0.05, 0.1) is 0 Å². The van der Waals surface area contributed by atoms with Crippen LogP contribution in [0.15, 0.2) is 24.3 Å². The van der Waals surface area contributed by atoms with E-state index < -0.39 is 0 Å². The van der Waals surface area contributed by atoms with Crippen LogP contribution in [0.2, 0.25) is 0 Å². The average Bonchev–Trinajstić information content (AvgIpc) is 2.45. The first-order chi connectivity index (χ1) is 8.86. The van der Waals surface area contributed by atoms with Crippen molar-refractivity contribution in [2.45, 2.75) is 52.4 Å². The lowest BCUT2D eigenvalue weighted by Gasteiger charge is -2.24. The monoisotopic (exact) mass is 238 g/mol. The van der Waals surface area contributed by atoms with Gasteiger partial charge in [-0.2, -0.15) is 0 Å². The van der Waals surface area contributed by atoms with E-state index in [1.807, 2.05) is 0 Å². The Morgan fingerprint density at radius 2 is 1.39 bits per heavy atom. The number of rotatable bonds is 2. The summed E-state index contributed by atoms with van der Waals surface area (Å²) in [5.41, 5.74) is 6.62. The van der Waals surface area contributed by atoms with E-state index in [4.69, 9.17) is 0 Å². The van der Waals surface area contributed by atoms with E-state index in [1.54, 1.807) is 22.3 Å². The van der Waals surface area contributed by atoms with Crippen molar-refractivity contribution in [2.24, 2.45) is 0 Å². The van der Waals surface area contributed by atoms with Crippen molar-refractivity contribution in [3.8, 4) is 0 Å². The minimum absolute atomic E-state index is 1.16. The Kier molecular flexibility index (Phi) is 3.11. The first-order valence-corrected chi connectivity index (χ1v) is 7.41. The molecule has 0 spiro atoms. The van der Waals surface area contributed by atoms with Gasteiger partial charge in [0.15, 0.2) is 0 Å². The van der Waals surface area contributed by atoms with Crippen LogP contribution in [-0.2, 0) is 25.7 Å². The van der Waals surface area contributed by atoms with Gasteiger partial charge in [-0.3, -0.25) is 0 Å². The zero-order valence-electron chi connectivity index (χ0n) is 11.6. The summed E-state index contributed by atoms with van der Waals surface area (Å²) < 4.78 is 0. The highest BCUT2D eigenvalue weighted by Gasteiger charge is 2.19. The highest BCUT2D eigenvalue weighted by Crippen LogP contribution is 2.35. The summed E-state index contributed by atoms with van der Waals surface area (Å²) in [6.45, 7) is 4.62. The second-order valence-corrected chi connectivity index (χ2v) is 5.37. The summed E-state index contributed by atoms with van der Waals surface area (Å²) in [5, 5.41) is 3.04. The van der Waals surface area contributed by atoms with Crippen molar-refractivity contribution in [2.75, 3.05) is 0 Å². The van der Waals surface area contributed by atoms with E-state index in [-0.39, 0.29) is 0 Å². The van der Waals surface area contributed by atoms with E-state index in [2.05, 4.69) is 38.1 Å². The minimum atomic E-state index is 1.16. The Labute approximate surface area is 110 Å². The van der Waals surface area contributed by atoms with Crippen molar-refractivity contribution in [1.29, 1.82) is 0 Å². The molecule has 1 aliphatic rings. The Morgan fingerprint density at radius 3 is 2.06 bits per heavy atom. The predicted octanol–water partition coefficient (Wildman–Crippen LogP) is 4.84. The smallest absolute Gasteiger partial charge is 0.0146 e. The largest absolute Gasteiger partial charge is 0.0616 e. The molecule has 0 bridgehead atoms. The number of hydrogen-bond donors (Lipinski definition) is 0. The Balaban J connectivity index is 2.42. The van der Waals surface area contributed by atoms with Gasteiger partial charge >= 0.3 is 0 Å². The molecule has 0 aliphatic heterocycles. The average molecular weight is 238 g/mol. The first kappa shape index (κ1) is 11.8. The molecule has 94 valence electrons. The van der Waals surface area contributed by atoms with Gasteiger partial charge in [0.1, 0.15) is 0 Å². The molecule has 2 aromatic carbocycles. The zero-order valence-corrected chi connectivity index (χ0v) is 11.6. The second-order valence-electron chi connectivity index (χ2n) is 5.37. The first-order valence-electron chi connectivity index (χ1n) is 7.41. The summed E-state index contributed by atoms with van der Waals surface area (Å²) in [7, 11) is 0. The van der Waals surface area contributed by atoms with Gasteiger partial charge in [-0.15, -0.1) is 0 Å². The third kappa shape index (κ3) is 1.67. The van der Waals surface area contributed by atoms with Crippen LogP contribution < -0.4 is 0 Å². The van der Waals surface area contributed by atoms with E-state index >= 15 is 0 Å². The van der Waals surface area contributed by atoms with Crippen molar-refractivity contribution < 1.29 is 0 Å². The fourth-order valence-electron chi connectivity index (χ4n) is 3.72. The highest BCUT2D eigenvalue weighted by molar-refractivity contribution is 5.91. The Hall–Kier alpha value is -1.30. The molecule has 0 heterocycles. The molecule has 0 aromatic heterocycles. The summed E-state index contributed by atoms with van der Waals surface area (Å²) in [6.07, 6.45) is 7.68. The van der Waals surface area contributed by atoms with Gasteiger partial charge in [0.2, 0.25) is 0 Å². The van der Waals surface area contributed by atoms with Gasteiger partial charge in [-0.25, -0.2) is 0 Å². The molecule has 0 atom stereocenters. The molecule has 3 rings (SSSR count). The summed E-state index contributed by atoms with van der Waals surface area (Å²) in [4.78, 5) is 0. The van der Waals surface area contributed by atoms with Crippen molar-refractivity contribution in [3.63, 3.8) is 0 Å². The van der Waals surface area contributed by atoms with Gasteiger partial charge in [-0.05, 0) is 71.6 Å². The topological polar surface area (TPSA) is 0 Å². The molecular weight excluding hydrogens is 216 g/mol. The highest BCUT2D eigenvalue weighted by atomic mass is 14.2. The van der Waals surface area contributed by atoms with E-state index in [0.29, 0.717) is 0 Å². The molecule has 0 heteroatoms. The molecule has 0 nitrogen and oxygen atoms in total. The lowest BCUT2D eigenvalue weighted by Crippen LogP contribution is -2.10. The van der Waals surface area contributed by atoms with E-state index in [1.165, 1.54) is 42.9 Å². The number of fused-ring (bicyclic) bond motifs is 3. The molecule has 18 heavy (non-hydrogen) atoms. The van der Waals surface area contributed by atoms with Crippen LogP contribution in [0.3, 0.4) is 0 Å². The summed E-state index contributed by atoms with van der Waals surface area (Å²) >= 11 is 0.